The Morgan fingerprint density at radius 1 is 0.909 bits per heavy atom. The molecule has 2 aromatic heterocycles. The number of thiazole rings is 1. The highest BCUT2D eigenvalue weighted by Crippen LogP contribution is 2.39. The van der Waals surface area contributed by atoms with Crippen LogP contribution in [0.2, 0.25) is 0 Å². The van der Waals surface area contributed by atoms with E-state index in [9.17, 15) is 26.3 Å². The summed E-state index contributed by atoms with van der Waals surface area (Å²) in [6.07, 6.45) is -9.16. The number of hydrogen-bond acceptors (Lipinski definition) is 6. The first kappa shape index (κ1) is 23.2. The van der Waals surface area contributed by atoms with Gasteiger partial charge in [-0.25, -0.2) is 4.98 Å². The standard InChI is InChI=1S/C20H13F6N5S2/c21-19(22,23)14-8-13(9-15(10-14)20(24,25)26)16-11-32-18(27-16)33-17-28-30-31(29-17)7-6-12-4-2-1-3-5-12/h1-5,8-11H,6-7H2. The lowest BCUT2D eigenvalue weighted by molar-refractivity contribution is -0.143. The van der Waals surface area contributed by atoms with E-state index in [4.69, 9.17) is 0 Å². The highest BCUT2D eigenvalue weighted by molar-refractivity contribution is 8.00. The van der Waals surface area contributed by atoms with E-state index in [-0.39, 0.29) is 22.5 Å². The van der Waals surface area contributed by atoms with E-state index >= 15 is 0 Å². The molecular weight excluding hydrogens is 488 g/mol. The summed E-state index contributed by atoms with van der Waals surface area (Å²) in [5.41, 5.74) is -1.96. The van der Waals surface area contributed by atoms with E-state index in [2.05, 4.69) is 20.4 Å². The number of hydrogen-bond donors (Lipinski definition) is 0. The smallest absolute Gasteiger partial charge is 0.229 e. The molecule has 4 aromatic rings. The minimum atomic E-state index is -4.92. The van der Waals surface area contributed by atoms with Gasteiger partial charge in [0, 0.05) is 10.9 Å². The average Bonchev–Trinajstić information content (AvgIpc) is 3.41. The normalized spacial score (nSPS) is 12.3. The number of nitrogens with zero attached hydrogens (tertiary/aromatic N) is 5. The maximum Gasteiger partial charge on any atom is 0.416 e. The Morgan fingerprint density at radius 2 is 1.58 bits per heavy atom. The van der Waals surface area contributed by atoms with Gasteiger partial charge in [0.2, 0.25) is 5.16 Å². The minimum absolute atomic E-state index is 0.00410. The van der Waals surface area contributed by atoms with E-state index in [1.165, 1.54) is 10.2 Å². The van der Waals surface area contributed by atoms with Crippen molar-refractivity contribution in [1.82, 2.24) is 25.2 Å². The lowest BCUT2D eigenvalue weighted by Gasteiger charge is -2.13. The summed E-state index contributed by atoms with van der Waals surface area (Å²) < 4.78 is 79.0. The summed E-state index contributed by atoms with van der Waals surface area (Å²) in [5, 5.41) is 13.7. The van der Waals surface area contributed by atoms with Gasteiger partial charge in [-0.3, -0.25) is 0 Å². The third-order valence-corrected chi connectivity index (χ3v) is 6.21. The second-order valence-electron chi connectivity index (χ2n) is 6.80. The van der Waals surface area contributed by atoms with E-state index in [0.29, 0.717) is 29.4 Å². The highest BCUT2D eigenvalue weighted by atomic mass is 32.2. The largest absolute Gasteiger partial charge is 0.416 e. The molecule has 0 aliphatic carbocycles. The molecule has 172 valence electrons. The summed E-state index contributed by atoms with van der Waals surface area (Å²) in [6.45, 7) is 0.491. The average molecular weight is 501 g/mol. The third-order valence-electron chi connectivity index (χ3n) is 4.42. The second-order valence-corrected chi connectivity index (χ2v) is 8.87. The fourth-order valence-corrected chi connectivity index (χ4v) is 4.48. The van der Waals surface area contributed by atoms with Gasteiger partial charge in [0.15, 0.2) is 4.34 Å². The molecule has 2 heterocycles. The molecule has 33 heavy (non-hydrogen) atoms. The van der Waals surface area contributed by atoms with Gasteiger partial charge in [0.1, 0.15) is 0 Å². The van der Waals surface area contributed by atoms with Crippen LogP contribution in [0.4, 0.5) is 26.3 Å². The molecule has 0 bridgehead atoms. The summed E-state index contributed by atoms with van der Waals surface area (Å²) in [4.78, 5) is 5.56. The SMILES string of the molecule is FC(F)(F)c1cc(-c2csc(Sc3nnn(CCc4ccccc4)n3)n2)cc(C(F)(F)F)c1. The Hall–Kier alpha value is -2.93. The lowest BCUT2D eigenvalue weighted by Crippen LogP contribution is -2.11. The molecule has 0 N–H and O–H groups in total. The topological polar surface area (TPSA) is 56.5 Å². The molecule has 0 spiro atoms. The zero-order valence-electron chi connectivity index (χ0n) is 16.4. The molecule has 0 aliphatic rings. The first-order chi connectivity index (χ1) is 15.6. The van der Waals surface area contributed by atoms with Crippen molar-refractivity contribution in [2.24, 2.45) is 0 Å². The molecular formula is C20H13F6N5S2. The zero-order valence-corrected chi connectivity index (χ0v) is 18.1. The van der Waals surface area contributed by atoms with Crippen LogP contribution in [-0.4, -0.2) is 25.2 Å². The quantitative estimate of drug-likeness (QED) is 0.293. The van der Waals surface area contributed by atoms with Crippen molar-refractivity contribution in [3.8, 4) is 11.3 Å². The molecule has 0 radical (unpaired) electrons. The first-order valence-electron chi connectivity index (χ1n) is 9.33. The third kappa shape index (κ3) is 5.90. The molecule has 0 aliphatic heterocycles. The van der Waals surface area contributed by atoms with Crippen molar-refractivity contribution < 1.29 is 26.3 Å². The van der Waals surface area contributed by atoms with Crippen LogP contribution in [0.3, 0.4) is 0 Å². The molecule has 0 amide bonds. The van der Waals surface area contributed by atoms with E-state index in [1.807, 2.05) is 30.3 Å². The molecule has 5 nitrogen and oxygen atoms in total. The van der Waals surface area contributed by atoms with Crippen LogP contribution in [0.15, 0.2) is 63.4 Å². The fraction of sp³-hybridized carbons (Fsp3) is 0.200. The van der Waals surface area contributed by atoms with Gasteiger partial charge in [-0.1, -0.05) is 30.3 Å². The van der Waals surface area contributed by atoms with Crippen LogP contribution in [0.1, 0.15) is 16.7 Å². The van der Waals surface area contributed by atoms with Gasteiger partial charge in [-0.15, -0.1) is 21.5 Å². The number of alkyl halides is 6. The fourth-order valence-electron chi connectivity index (χ4n) is 2.86. The Bertz CT molecular complexity index is 1200. The van der Waals surface area contributed by atoms with Gasteiger partial charge < -0.3 is 0 Å². The maximum atomic E-state index is 13.1. The monoisotopic (exact) mass is 501 g/mol. The number of aryl methyl sites for hydroxylation is 2. The molecule has 0 unspecified atom stereocenters. The van der Waals surface area contributed by atoms with E-state index < -0.39 is 23.5 Å². The van der Waals surface area contributed by atoms with Gasteiger partial charge in [0.05, 0.1) is 23.4 Å². The second kappa shape index (κ2) is 9.14. The molecule has 4 rings (SSSR count). The van der Waals surface area contributed by atoms with Gasteiger partial charge >= 0.3 is 12.4 Å². The predicted molar refractivity (Wildman–Crippen MR) is 110 cm³/mol. The van der Waals surface area contributed by atoms with Crippen molar-refractivity contribution in [2.75, 3.05) is 0 Å². The Labute approximate surface area is 191 Å². The van der Waals surface area contributed by atoms with Crippen molar-refractivity contribution in [3.63, 3.8) is 0 Å². The number of benzene rings is 2. The zero-order chi connectivity index (χ0) is 23.6. The Balaban J connectivity index is 1.50. The highest BCUT2D eigenvalue weighted by Gasteiger charge is 2.37. The number of rotatable bonds is 6. The van der Waals surface area contributed by atoms with Crippen LogP contribution in [0.25, 0.3) is 11.3 Å². The predicted octanol–water partition coefficient (Wildman–Crippen LogP) is 6.23. The molecule has 0 saturated carbocycles. The molecule has 2 aromatic carbocycles. The van der Waals surface area contributed by atoms with Gasteiger partial charge in [0.25, 0.3) is 0 Å². The summed E-state index contributed by atoms with van der Waals surface area (Å²) in [5.74, 6) is 0. The van der Waals surface area contributed by atoms with Crippen LogP contribution in [0.5, 0.6) is 0 Å². The maximum absolute atomic E-state index is 13.1. The molecule has 0 fully saturated rings. The Morgan fingerprint density at radius 3 is 2.21 bits per heavy atom. The van der Waals surface area contributed by atoms with Crippen LogP contribution in [0, 0.1) is 0 Å². The number of tetrazole rings is 1. The van der Waals surface area contributed by atoms with Crippen molar-refractivity contribution >= 4 is 23.1 Å². The summed E-state index contributed by atoms with van der Waals surface area (Å²) in [6, 6.07) is 11.1. The van der Waals surface area contributed by atoms with E-state index in [0.717, 1.165) is 28.7 Å². The van der Waals surface area contributed by atoms with Crippen molar-refractivity contribution in [2.45, 2.75) is 34.8 Å². The molecule has 0 saturated heterocycles. The van der Waals surface area contributed by atoms with Crippen LogP contribution >= 0.6 is 23.1 Å². The number of halogens is 6. The van der Waals surface area contributed by atoms with Gasteiger partial charge in [-0.05, 0) is 47.2 Å². The Kier molecular flexibility index (Phi) is 6.43. The summed E-state index contributed by atoms with van der Waals surface area (Å²) >= 11 is 2.08. The van der Waals surface area contributed by atoms with Crippen LogP contribution in [-0.2, 0) is 25.3 Å². The minimum Gasteiger partial charge on any atom is -0.229 e. The molecule has 13 heteroatoms. The lowest BCUT2D eigenvalue weighted by atomic mass is 10.0. The summed E-state index contributed by atoms with van der Waals surface area (Å²) in [7, 11) is 0. The van der Waals surface area contributed by atoms with Crippen molar-refractivity contribution in [3.05, 3.63) is 70.6 Å². The number of aromatic nitrogens is 5. The molecule has 0 atom stereocenters. The van der Waals surface area contributed by atoms with Crippen molar-refractivity contribution in [1.29, 1.82) is 0 Å². The van der Waals surface area contributed by atoms with Crippen LogP contribution < -0.4 is 0 Å². The van der Waals surface area contributed by atoms with Gasteiger partial charge in [-0.2, -0.15) is 31.1 Å². The van der Waals surface area contributed by atoms with E-state index in [1.54, 1.807) is 0 Å². The first-order valence-corrected chi connectivity index (χ1v) is 11.0.